The molecule has 1 N–H and O–H groups in total. The molecule has 0 bridgehead atoms. The number of hydrogen-bond donors (Lipinski definition) is 1. The van der Waals surface area contributed by atoms with E-state index in [4.69, 9.17) is 9.47 Å². The van der Waals surface area contributed by atoms with E-state index in [9.17, 15) is 9.59 Å². The van der Waals surface area contributed by atoms with Gasteiger partial charge in [-0.1, -0.05) is 24.3 Å². The second kappa shape index (κ2) is 6.90. The van der Waals surface area contributed by atoms with Crippen LogP contribution < -0.4 is 14.8 Å². The van der Waals surface area contributed by atoms with E-state index in [1.807, 2.05) is 48.5 Å². The van der Waals surface area contributed by atoms with E-state index in [1.165, 1.54) is 0 Å². The van der Waals surface area contributed by atoms with Crippen LogP contribution in [0.3, 0.4) is 0 Å². The molecule has 150 valence electrons. The van der Waals surface area contributed by atoms with Gasteiger partial charge in [0.15, 0.2) is 5.78 Å². The van der Waals surface area contributed by atoms with Crippen molar-refractivity contribution in [2.45, 2.75) is 31.3 Å². The Balaban J connectivity index is 1.21. The summed E-state index contributed by atoms with van der Waals surface area (Å²) in [6.07, 6.45) is 2.99. The number of para-hydroxylation sites is 1. The fourth-order valence-corrected chi connectivity index (χ4v) is 5.36. The van der Waals surface area contributed by atoms with Gasteiger partial charge in [0.05, 0.1) is 19.1 Å². The number of fused-ring (bicyclic) bond motifs is 3. The van der Waals surface area contributed by atoms with Crippen LogP contribution in [-0.2, 0) is 11.2 Å². The molecule has 0 unspecified atom stereocenters. The quantitative estimate of drug-likeness (QED) is 0.848. The number of benzene rings is 2. The van der Waals surface area contributed by atoms with Crippen LogP contribution in [0.1, 0.15) is 35.2 Å². The highest BCUT2D eigenvalue weighted by atomic mass is 16.5. The molecule has 5 heteroatoms. The van der Waals surface area contributed by atoms with Gasteiger partial charge >= 0.3 is 0 Å². The van der Waals surface area contributed by atoms with Gasteiger partial charge in [-0.05, 0) is 55.0 Å². The highest BCUT2D eigenvalue weighted by Gasteiger charge is 2.70. The molecule has 2 aliphatic carbocycles. The summed E-state index contributed by atoms with van der Waals surface area (Å²) in [4.78, 5) is 25.5. The largest absolute Gasteiger partial charge is 0.497 e. The van der Waals surface area contributed by atoms with E-state index in [1.54, 1.807) is 7.11 Å². The third-order valence-electron chi connectivity index (χ3n) is 6.81. The molecule has 0 radical (unpaired) electrons. The Morgan fingerprint density at radius 3 is 2.79 bits per heavy atom. The van der Waals surface area contributed by atoms with Crippen LogP contribution in [0.15, 0.2) is 48.5 Å². The number of carbonyl (C=O) groups excluding carboxylic acids is 2. The number of carbonyl (C=O) groups is 2. The van der Waals surface area contributed by atoms with Gasteiger partial charge in [0.25, 0.3) is 0 Å². The maximum absolute atomic E-state index is 12.8. The fraction of sp³-hybridized carbons (Fsp3) is 0.417. The SMILES string of the molecule is COc1ccc(CCNC(=O)[C@@H]2[C@@H]3CC[C@]4(CC(=O)c5ccccc5O4)[C@H]32)cc1. The lowest BCUT2D eigenvalue weighted by Crippen LogP contribution is -2.44. The minimum absolute atomic E-state index is 0.0299. The zero-order valence-corrected chi connectivity index (χ0v) is 16.5. The molecule has 3 aliphatic rings. The lowest BCUT2D eigenvalue weighted by molar-refractivity contribution is -0.124. The molecule has 1 spiro atoms. The Labute approximate surface area is 170 Å². The van der Waals surface area contributed by atoms with E-state index >= 15 is 0 Å². The van der Waals surface area contributed by atoms with Crippen molar-refractivity contribution < 1.29 is 19.1 Å². The number of hydrogen-bond acceptors (Lipinski definition) is 4. The number of Topliss-reactive ketones (excluding diaryl/α,β-unsaturated/α-hetero) is 1. The first-order chi connectivity index (χ1) is 14.1. The first kappa shape index (κ1) is 18.2. The molecule has 2 saturated carbocycles. The van der Waals surface area contributed by atoms with Gasteiger partial charge in [-0.25, -0.2) is 0 Å². The normalized spacial score (nSPS) is 29.0. The van der Waals surface area contributed by atoms with Crippen molar-refractivity contribution in [1.29, 1.82) is 0 Å². The zero-order valence-electron chi connectivity index (χ0n) is 16.5. The second-order valence-electron chi connectivity index (χ2n) is 8.41. The van der Waals surface area contributed by atoms with Crippen LogP contribution in [0.25, 0.3) is 0 Å². The number of nitrogens with one attached hydrogen (secondary N) is 1. The minimum Gasteiger partial charge on any atom is -0.497 e. The summed E-state index contributed by atoms with van der Waals surface area (Å²) in [5, 5.41) is 3.09. The van der Waals surface area contributed by atoms with Crippen molar-refractivity contribution in [3.05, 3.63) is 59.7 Å². The zero-order chi connectivity index (χ0) is 20.0. The van der Waals surface area contributed by atoms with Gasteiger partial charge in [0.1, 0.15) is 17.1 Å². The van der Waals surface area contributed by atoms with Gasteiger partial charge in [0, 0.05) is 18.4 Å². The smallest absolute Gasteiger partial charge is 0.223 e. The Kier molecular flexibility index (Phi) is 4.34. The topological polar surface area (TPSA) is 64.6 Å². The molecular weight excluding hydrogens is 366 g/mol. The summed E-state index contributed by atoms with van der Waals surface area (Å²) in [7, 11) is 1.65. The predicted octanol–water partition coefficient (Wildman–Crippen LogP) is 3.41. The molecule has 4 atom stereocenters. The van der Waals surface area contributed by atoms with Crippen molar-refractivity contribution in [3.63, 3.8) is 0 Å². The van der Waals surface area contributed by atoms with Crippen LogP contribution in [0, 0.1) is 17.8 Å². The summed E-state index contributed by atoms with van der Waals surface area (Å²) < 4.78 is 11.5. The van der Waals surface area contributed by atoms with E-state index < -0.39 is 5.60 Å². The van der Waals surface area contributed by atoms with Crippen molar-refractivity contribution in [2.24, 2.45) is 17.8 Å². The summed E-state index contributed by atoms with van der Waals surface area (Å²) in [6.45, 7) is 0.608. The Bertz CT molecular complexity index is 954. The number of ether oxygens (including phenoxy) is 2. The van der Waals surface area contributed by atoms with Crippen LogP contribution in [0.4, 0.5) is 0 Å². The molecule has 1 aliphatic heterocycles. The molecule has 29 heavy (non-hydrogen) atoms. The average Bonchev–Trinajstić information content (AvgIpc) is 3.39. The van der Waals surface area contributed by atoms with Crippen molar-refractivity contribution in [2.75, 3.05) is 13.7 Å². The predicted molar refractivity (Wildman–Crippen MR) is 108 cm³/mol. The van der Waals surface area contributed by atoms with Gasteiger partial charge < -0.3 is 14.8 Å². The molecule has 5 rings (SSSR count). The molecular formula is C24H25NO4. The molecule has 2 fully saturated rings. The fourth-order valence-electron chi connectivity index (χ4n) is 5.36. The molecule has 1 heterocycles. The van der Waals surface area contributed by atoms with E-state index in [0.717, 1.165) is 30.6 Å². The Morgan fingerprint density at radius 2 is 2.00 bits per heavy atom. The highest BCUT2D eigenvalue weighted by molar-refractivity contribution is 6.00. The molecule has 5 nitrogen and oxygen atoms in total. The third-order valence-corrected chi connectivity index (χ3v) is 6.81. The minimum atomic E-state index is -0.492. The Morgan fingerprint density at radius 1 is 1.21 bits per heavy atom. The van der Waals surface area contributed by atoms with E-state index in [-0.39, 0.29) is 23.5 Å². The Hall–Kier alpha value is -2.82. The number of rotatable bonds is 5. The summed E-state index contributed by atoms with van der Waals surface area (Å²) in [5.74, 6) is 2.21. The number of ketones is 1. The molecule has 1 amide bonds. The first-order valence-corrected chi connectivity index (χ1v) is 10.3. The number of methoxy groups -OCH3 is 1. The van der Waals surface area contributed by atoms with Crippen LogP contribution >= 0.6 is 0 Å². The van der Waals surface area contributed by atoms with E-state index in [0.29, 0.717) is 30.2 Å². The van der Waals surface area contributed by atoms with Crippen molar-refractivity contribution in [3.8, 4) is 11.5 Å². The van der Waals surface area contributed by atoms with Gasteiger partial charge in [-0.15, -0.1) is 0 Å². The molecule has 2 aromatic carbocycles. The summed E-state index contributed by atoms with van der Waals surface area (Å²) in [6, 6.07) is 15.4. The van der Waals surface area contributed by atoms with E-state index in [2.05, 4.69) is 5.32 Å². The summed E-state index contributed by atoms with van der Waals surface area (Å²) in [5.41, 5.74) is 1.34. The van der Waals surface area contributed by atoms with Crippen molar-refractivity contribution in [1.82, 2.24) is 5.32 Å². The molecule has 0 aromatic heterocycles. The second-order valence-corrected chi connectivity index (χ2v) is 8.41. The number of amides is 1. The van der Waals surface area contributed by atoms with Gasteiger partial charge in [-0.3, -0.25) is 9.59 Å². The van der Waals surface area contributed by atoms with Gasteiger partial charge in [-0.2, -0.15) is 0 Å². The van der Waals surface area contributed by atoms with Crippen LogP contribution in [0.2, 0.25) is 0 Å². The third kappa shape index (κ3) is 3.09. The monoisotopic (exact) mass is 391 g/mol. The van der Waals surface area contributed by atoms with Crippen molar-refractivity contribution >= 4 is 11.7 Å². The van der Waals surface area contributed by atoms with Crippen LogP contribution in [-0.4, -0.2) is 30.9 Å². The van der Waals surface area contributed by atoms with Gasteiger partial charge in [0.2, 0.25) is 5.91 Å². The molecule has 0 saturated heterocycles. The lowest BCUT2D eigenvalue weighted by Gasteiger charge is -2.37. The standard InChI is InChI=1S/C24H25NO4/c1-28-16-8-6-15(7-9-16)11-13-25-23(27)21-18-10-12-24(22(18)21)14-19(26)17-4-2-3-5-20(17)29-24/h2-9,18,21-22H,10-14H2,1H3,(H,25,27)/t18-,21+,22+,24-/m0/s1. The highest BCUT2D eigenvalue weighted by Crippen LogP contribution is 2.65. The molecule has 2 aromatic rings. The lowest BCUT2D eigenvalue weighted by atomic mass is 9.84. The maximum atomic E-state index is 12.8. The van der Waals surface area contributed by atoms with Crippen LogP contribution in [0.5, 0.6) is 11.5 Å². The first-order valence-electron chi connectivity index (χ1n) is 10.3. The average molecular weight is 391 g/mol. The summed E-state index contributed by atoms with van der Waals surface area (Å²) >= 11 is 0. The maximum Gasteiger partial charge on any atom is 0.223 e.